The van der Waals surface area contributed by atoms with Crippen molar-refractivity contribution in [2.24, 2.45) is 0 Å². The Kier molecular flexibility index (Phi) is 3.91. The normalized spacial score (nSPS) is 10.1. The highest BCUT2D eigenvalue weighted by molar-refractivity contribution is 9.11. The molecule has 14 heavy (non-hydrogen) atoms. The lowest BCUT2D eigenvalue weighted by atomic mass is 10.2. The predicted octanol–water partition coefficient (Wildman–Crippen LogP) is 1.97. The lowest BCUT2D eigenvalue weighted by molar-refractivity contribution is -0.315. The van der Waals surface area contributed by atoms with Crippen molar-refractivity contribution >= 4 is 55.7 Å². The monoisotopic (exact) mass is 345 g/mol. The molecular formula is C7H5Br2F2N2S+. The number of nitrogens with one attached hydrogen (secondary N) is 2. The van der Waals surface area contributed by atoms with Gasteiger partial charge in [-0.3, -0.25) is 0 Å². The Hall–Kier alpha value is -0.140. The molecule has 0 spiro atoms. The topological polar surface area (TPSA) is 26.0 Å². The van der Waals surface area contributed by atoms with Gasteiger partial charge in [-0.25, -0.2) is 8.78 Å². The molecule has 0 saturated heterocycles. The van der Waals surface area contributed by atoms with Crippen LogP contribution in [0.2, 0.25) is 0 Å². The van der Waals surface area contributed by atoms with Crippen LogP contribution in [-0.2, 0) is 12.4 Å². The largest absolute Gasteiger partial charge is 0.382 e. The molecule has 0 radical (unpaired) electrons. The standard InChI is InChI=1S/C7H4Br2F2N2S/c1-12-6-2(8)4(10)5(11)3(9)7(6)13-14/h12H,1H3/p+1. The molecule has 0 fully saturated rings. The van der Waals surface area contributed by atoms with E-state index in [1.54, 1.807) is 7.05 Å². The third-order valence-electron chi connectivity index (χ3n) is 1.62. The van der Waals surface area contributed by atoms with Crippen LogP contribution >= 0.6 is 31.9 Å². The summed E-state index contributed by atoms with van der Waals surface area (Å²) in [6, 6.07) is 0. The Bertz CT molecular complexity index is 398. The highest BCUT2D eigenvalue weighted by atomic mass is 79.9. The van der Waals surface area contributed by atoms with E-state index in [1.807, 2.05) is 0 Å². The van der Waals surface area contributed by atoms with Crippen molar-refractivity contribution < 1.29 is 13.1 Å². The third kappa shape index (κ3) is 1.80. The first kappa shape index (κ1) is 11.9. The lowest BCUT2D eigenvalue weighted by Gasteiger charge is -2.07. The molecular weight excluding hydrogens is 342 g/mol. The molecule has 2 N–H and O–H groups in total. The Morgan fingerprint density at radius 1 is 1.21 bits per heavy atom. The molecule has 1 rings (SSSR count). The number of anilines is 1. The first-order valence-corrected chi connectivity index (χ1v) is 5.45. The van der Waals surface area contributed by atoms with Gasteiger partial charge in [0.05, 0.1) is 4.47 Å². The van der Waals surface area contributed by atoms with Gasteiger partial charge in [0.15, 0.2) is 11.6 Å². The predicted molar refractivity (Wildman–Crippen MR) is 59.3 cm³/mol. The van der Waals surface area contributed by atoms with Crippen LogP contribution in [-0.4, -0.2) is 7.05 Å². The minimum absolute atomic E-state index is 0.00745. The number of benzene rings is 1. The minimum Gasteiger partial charge on any atom is -0.382 e. The summed E-state index contributed by atoms with van der Waals surface area (Å²) < 4.78 is 28.7. The average Bonchev–Trinajstić information content (AvgIpc) is 2.20. The third-order valence-corrected chi connectivity index (χ3v) is 3.31. The Morgan fingerprint density at radius 3 is 2.14 bits per heavy atom. The summed E-state index contributed by atoms with van der Waals surface area (Å²) in [5, 5.41) is 2.71. The molecule has 0 heterocycles. The summed E-state index contributed by atoms with van der Waals surface area (Å²) in [5.41, 5.74) is 0.652. The van der Waals surface area contributed by atoms with Gasteiger partial charge in [0, 0.05) is 7.05 Å². The van der Waals surface area contributed by atoms with E-state index in [1.165, 1.54) is 0 Å². The van der Waals surface area contributed by atoms with Gasteiger partial charge < -0.3 is 5.32 Å². The summed E-state index contributed by atoms with van der Waals surface area (Å²) in [7, 11) is 1.58. The van der Waals surface area contributed by atoms with Crippen LogP contribution in [0.5, 0.6) is 0 Å². The number of hydrogen-bond acceptors (Lipinski definition) is 2. The summed E-state index contributed by atoms with van der Waals surface area (Å²) >= 11 is 10.4. The van der Waals surface area contributed by atoms with Gasteiger partial charge in [-0.2, -0.15) is 0 Å². The van der Waals surface area contributed by atoms with Crippen LogP contribution in [0.15, 0.2) is 8.95 Å². The maximum absolute atomic E-state index is 13.2. The van der Waals surface area contributed by atoms with Crippen molar-refractivity contribution in [3.63, 3.8) is 0 Å². The van der Waals surface area contributed by atoms with Gasteiger partial charge in [-0.1, -0.05) is 0 Å². The molecule has 0 amide bonds. The molecule has 0 saturated carbocycles. The van der Waals surface area contributed by atoms with Crippen molar-refractivity contribution in [2.75, 3.05) is 12.4 Å². The lowest BCUT2D eigenvalue weighted by Crippen LogP contribution is -2.56. The van der Waals surface area contributed by atoms with E-state index in [-0.39, 0.29) is 14.6 Å². The molecule has 0 aliphatic heterocycles. The van der Waals surface area contributed by atoms with Crippen molar-refractivity contribution in [1.29, 1.82) is 0 Å². The van der Waals surface area contributed by atoms with E-state index in [9.17, 15) is 8.78 Å². The van der Waals surface area contributed by atoms with Gasteiger partial charge in [-0.05, 0) is 31.9 Å². The van der Waals surface area contributed by atoms with E-state index in [0.717, 1.165) is 0 Å². The van der Waals surface area contributed by atoms with Gasteiger partial charge >= 0.3 is 0 Å². The van der Waals surface area contributed by atoms with Gasteiger partial charge in [0.25, 0.3) is 18.1 Å². The molecule has 0 aromatic heterocycles. The Morgan fingerprint density at radius 2 is 1.71 bits per heavy atom. The van der Waals surface area contributed by atoms with E-state index in [4.69, 9.17) is 0 Å². The summed E-state index contributed by atoms with van der Waals surface area (Å²) in [6.07, 6.45) is 0. The summed E-state index contributed by atoms with van der Waals surface area (Å²) in [4.78, 5) is 0. The molecule has 0 aliphatic rings. The fraction of sp³-hybridized carbons (Fsp3) is 0.143. The van der Waals surface area contributed by atoms with Crippen molar-refractivity contribution in [3.8, 4) is 0 Å². The second-order valence-corrected chi connectivity index (χ2v) is 4.15. The van der Waals surface area contributed by atoms with Gasteiger partial charge in [0.1, 0.15) is 10.2 Å². The molecule has 2 nitrogen and oxygen atoms in total. The van der Waals surface area contributed by atoms with Crippen molar-refractivity contribution in [1.82, 2.24) is 0 Å². The van der Waals surface area contributed by atoms with E-state index in [0.29, 0.717) is 5.69 Å². The maximum Gasteiger partial charge on any atom is 0.268 e. The molecule has 0 atom stereocenters. The molecule has 7 heteroatoms. The second kappa shape index (κ2) is 4.59. The van der Waals surface area contributed by atoms with Gasteiger partial charge in [-0.15, -0.1) is 4.36 Å². The van der Waals surface area contributed by atoms with Gasteiger partial charge in [0.2, 0.25) is 0 Å². The fourth-order valence-electron chi connectivity index (χ4n) is 0.962. The van der Waals surface area contributed by atoms with Crippen molar-refractivity contribution in [3.05, 3.63) is 20.6 Å². The van der Waals surface area contributed by atoms with Crippen LogP contribution in [0.4, 0.5) is 20.2 Å². The fourth-order valence-corrected chi connectivity index (χ4v) is 2.34. The zero-order valence-electron chi connectivity index (χ0n) is 6.92. The first-order chi connectivity index (χ1) is 6.54. The summed E-state index contributed by atoms with van der Waals surface area (Å²) in [6.45, 7) is 0. The molecule has 0 unspecified atom stereocenters. The average molecular weight is 347 g/mol. The Labute approximate surface area is 102 Å². The molecule has 1 aromatic rings. The van der Waals surface area contributed by atoms with E-state index >= 15 is 0 Å². The summed E-state index contributed by atoms with van der Waals surface area (Å²) in [5.74, 6) is -1.95. The molecule has 0 bridgehead atoms. The second-order valence-electron chi connectivity index (χ2n) is 2.36. The number of halogens is 4. The van der Waals surface area contributed by atoms with Crippen LogP contribution in [0, 0.1) is 11.6 Å². The van der Waals surface area contributed by atoms with Crippen LogP contribution in [0.3, 0.4) is 0 Å². The van der Waals surface area contributed by atoms with Crippen LogP contribution in [0.25, 0.3) is 0 Å². The number of rotatable bonds is 2. The molecule has 1 aromatic carbocycles. The smallest absolute Gasteiger partial charge is 0.268 e. The van der Waals surface area contributed by atoms with Crippen molar-refractivity contribution in [2.45, 2.75) is 0 Å². The van der Waals surface area contributed by atoms with E-state index in [2.05, 4.69) is 54.0 Å². The SMILES string of the molecule is CNc1c(Br)c(F)c(F)c(Br)c1[NH+]=S. The zero-order chi connectivity index (χ0) is 10.9. The minimum atomic E-state index is -0.983. The van der Waals surface area contributed by atoms with Crippen LogP contribution < -0.4 is 9.68 Å². The zero-order valence-corrected chi connectivity index (χ0v) is 10.9. The quantitative estimate of drug-likeness (QED) is 0.632. The highest BCUT2D eigenvalue weighted by Gasteiger charge is 2.24. The molecule has 76 valence electrons. The Balaban J connectivity index is 3.65. The van der Waals surface area contributed by atoms with Crippen LogP contribution in [0.1, 0.15) is 0 Å². The maximum atomic E-state index is 13.2. The first-order valence-electron chi connectivity index (χ1n) is 3.46. The van der Waals surface area contributed by atoms with E-state index < -0.39 is 11.6 Å². The number of hydrogen-bond donors (Lipinski definition) is 2. The molecule has 0 aliphatic carbocycles. The highest BCUT2D eigenvalue weighted by Crippen LogP contribution is 2.38.